The maximum atomic E-state index is 13.8. The molecule has 0 radical (unpaired) electrons. The molecule has 0 unspecified atom stereocenters. The van der Waals surface area contributed by atoms with Crippen molar-refractivity contribution in [1.29, 1.82) is 0 Å². The number of phenolic OH excluding ortho intramolecular Hbond substituents is 1. The molecular weight excluding hydrogens is 524 g/mol. The van der Waals surface area contributed by atoms with Gasteiger partial charge in [-0.3, -0.25) is 9.69 Å². The Morgan fingerprint density at radius 1 is 1.03 bits per heavy atom. The van der Waals surface area contributed by atoms with E-state index in [-0.39, 0.29) is 11.7 Å². The summed E-state index contributed by atoms with van der Waals surface area (Å²) in [6.07, 6.45) is 1.81. The molecule has 4 rings (SSSR count). The number of anilines is 1. The predicted octanol–water partition coefficient (Wildman–Crippen LogP) is 7.60. The molecule has 0 atom stereocenters. The fourth-order valence-electron chi connectivity index (χ4n) is 3.76. The van der Waals surface area contributed by atoms with Crippen molar-refractivity contribution in [2.24, 2.45) is 4.99 Å². The van der Waals surface area contributed by atoms with E-state index in [9.17, 15) is 9.90 Å². The molecule has 0 bridgehead atoms. The standard InChI is InChI=1S/C28H27BrN2O3S/c1-6-34-24-14-20(13-21(29)26(24)32)15-25-27(33)31(23-12-17(3)8-10-19(23)5)28(35-25)30-22-11-16(2)7-9-18(22)4/h7-15,32H,6H2,1-5H3/b25-15-,30-28?. The summed E-state index contributed by atoms with van der Waals surface area (Å²) in [6, 6.07) is 15.7. The molecule has 1 heterocycles. The van der Waals surface area contributed by atoms with Gasteiger partial charge < -0.3 is 9.84 Å². The van der Waals surface area contributed by atoms with Gasteiger partial charge in [-0.2, -0.15) is 0 Å². The number of benzene rings is 3. The topological polar surface area (TPSA) is 62.1 Å². The first-order chi connectivity index (χ1) is 16.7. The molecule has 180 valence electrons. The van der Waals surface area contributed by atoms with Crippen LogP contribution in [0, 0.1) is 27.7 Å². The highest BCUT2D eigenvalue weighted by atomic mass is 79.9. The number of rotatable bonds is 5. The fourth-order valence-corrected chi connectivity index (χ4v) is 5.21. The Bertz CT molecular complexity index is 1380. The van der Waals surface area contributed by atoms with Crippen molar-refractivity contribution < 1.29 is 14.6 Å². The van der Waals surface area contributed by atoms with E-state index in [2.05, 4.69) is 22.0 Å². The van der Waals surface area contributed by atoms with Crippen molar-refractivity contribution >= 4 is 56.2 Å². The van der Waals surface area contributed by atoms with Gasteiger partial charge in [0, 0.05) is 0 Å². The van der Waals surface area contributed by atoms with Crippen LogP contribution in [0.25, 0.3) is 6.08 Å². The first kappa shape index (κ1) is 25.1. The number of hydrogen-bond donors (Lipinski definition) is 1. The molecule has 1 fully saturated rings. The highest BCUT2D eigenvalue weighted by molar-refractivity contribution is 9.10. The van der Waals surface area contributed by atoms with Gasteiger partial charge in [0.1, 0.15) is 0 Å². The quantitative estimate of drug-likeness (QED) is 0.332. The van der Waals surface area contributed by atoms with Crippen molar-refractivity contribution in [3.8, 4) is 11.5 Å². The van der Waals surface area contributed by atoms with Crippen LogP contribution in [0.2, 0.25) is 0 Å². The molecule has 1 saturated heterocycles. The molecule has 7 heteroatoms. The number of hydrogen-bond acceptors (Lipinski definition) is 5. The van der Waals surface area contributed by atoms with Gasteiger partial charge in [0.25, 0.3) is 5.91 Å². The Balaban J connectivity index is 1.85. The zero-order valence-electron chi connectivity index (χ0n) is 20.3. The first-order valence-corrected chi connectivity index (χ1v) is 12.9. The molecule has 0 saturated carbocycles. The molecule has 1 amide bonds. The first-order valence-electron chi connectivity index (χ1n) is 11.3. The van der Waals surface area contributed by atoms with E-state index >= 15 is 0 Å². The Hall–Kier alpha value is -3.03. The Morgan fingerprint density at radius 3 is 2.43 bits per heavy atom. The third kappa shape index (κ3) is 5.31. The second-order valence-corrected chi connectivity index (χ2v) is 10.4. The van der Waals surface area contributed by atoms with Crippen molar-refractivity contribution in [1.82, 2.24) is 0 Å². The molecule has 0 aliphatic carbocycles. The average Bonchev–Trinajstić information content (AvgIpc) is 3.10. The van der Waals surface area contributed by atoms with Crippen LogP contribution in [0.1, 0.15) is 34.7 Å². The zero-order valence-corrected chi connectivity index (χ0v) is 22.8. The molecule has 3 aromatic carbocycles. The van der Waals surface area contributed by atoms with Crippen LogP contribution in [-0.2, 0) is 4.79 Å². The van der Waals surface area contributed by atoms with Gasteiger partial charge in [-0.25, -0.2) is 4.99 Å². The van der Waals surface area contributed by atoms with Crippen molar-refractivity contribution in [3.63, 3.8) is 0 Å². The van der Waals surface area contributed by atoms with Gasteiger partial charge in [0.2, 0.25) is 0 Å². The van der Waals surface area contributed by atoms with Gasteiger partial charge in [-0.05, 0) is 120 Å². The number of aryl methyl sites for hydroxylation is 4. The number of aromatic hydroxyl groups is 1. The SMILES string of the molecule is CCOc1cc(/C=C2\SC(=Nc3cc(C)ccc3C)N(c3cc(C)ccc3C)C2=O)cc(Br)c1O. The second-order valence-electron chi connectivity index (χ2n) is 8.51. The minimum absolute atomic E-state index is 0.0357. The second kappa shape index (κ2) is 10.3. The number of ether oxygens (including phenoxy) is 1. The number of amidine groups is 1. The van der Waals surface area contributed by atoms with E-state index < -0.39 is 0 Å². The van der Waals surface area contributed by atoms with Gasteiger partial charge >= 0.3 is 0 Å². The summed E-state index contributed by atoms with van der Waals surface area (Å²) in [5, 5.41) is 10.9. The number of nitrogens with zero attached hydrogens (tertiary/aromatic N) is 2. The normalized spacial score (nSPS) is 15.9. The van der Waals surface area contributed by atoms with Gasteiger partial charge in [0.15, 0.2) is 16.7 Å². The van der Waals surface area contributed by atoms with Gasteiger partial charge in [-0.15, -0.1) is 0 Å². The van der Waals surface area contributed by atoms with Gasteiger partial charge in [-0.1, -0.05) is 24.3 Å². The van der Waals surface area contributed by atoms with Crippen LogP contribution < -0.4 is 9.64 Å². The highest BCUT2D eigenvalue weighted by Crippen LogP contribution is 2.41. The lowest BCUT2D eigenvalue weighted by Crippen LogP contribution is -2.29. The van der Waals surface area contributed by atoms with E-state index in [1.54, 1.807) is 17.0 Å². The number of amides is 1. The monoisotopic (exact) mass is 550 g/mol. The molecule has 3 aromatic rings. The average molecular weight is 552 g/mol. The molecule has 0 spiro atoms. The summed E-state index contributed by atoms with van der Waals surface area (Å²) in [4.78, 5) is 20.9. The van der Waals surface area contributed by atoms with Crippen LogP contribution in [0.5, 0.6) is 11.5 Å². The largest absolute Gasteiger partial charge is 0.503 e. The number of thioether (sulfide) groups is 1. The number of carbonyl (C=O) groups excluding carboxylic acids is 1. The van der Waals surface area contributed by atoms with Gasteiger partial charge in [0.05, 0.1) is 27.4 Å². The summed E-state index contributed by atoms with van der Waals surface area (Å²) in [6.45, 7) is 10.3. The van der Waals surface area contributed by atoms with Crippen molar-refractivity contribution in [2.45, 2.75) is 34.6 Å². The molecule has 1 aliphatic rings. The predicted molar refractivity (Wildman–Crippen MR) is 149 cm³/mol. The maximum absolute atomic E-state index is 13.8. The lowest BCUT2D eigenvalue weighted by molar-refractivity contribution is -0.113. The van der Waals surface area contributed by atoms with Crippen molar-refractivity contribution in [2.75, 3.05) is 11.5 Å². The number of halogens is 1. The lowest BCUT2D eigenvalue weighted by Gasteiger charge is -2.19. The van der Waals surface area contributed by atoms with E-state index in [0.717, 1.165) is 39.2 Å². The lowest BCUT2D eigenvalue weighted by atomic mass is 10.1. The molecule has 5 nitrogen and oxygen atoms in total. The third-order valence-electron chi connectivity index (χ3n) is 5.64. The summed E-state index contributed by atoms with van der Waals surface area (Å²) in [7, 11) is 0. The molecular formula is C28H27BrN2O3S. The van der Waals surface area contributed by atoms with E-state index in [4.69, 9.17) is 9.73 Å². The highest BCUT2D eigenvalue weighted by Gasteiger charge is 2.35. The minimum Gasteiger partial charge on any atom is -0.503 e. The minimum atomic E-state index is -0.144. The fraction of sp³-hybridized carbons (Fsp3) is 0.214. The van der Waals surface area contributed by atoms with E-state index in [0.29, 0.717) is 26.9 Å². The summed E-state index contributed by atoms with van der Waals surface area (Å²) >= 11 is 4.72. The van der Waals surface area contributed by atoms with Crippen LogP contribution in [0.4, 0.5) is 11.4 Å². The third-order valence-corrected chi connectivity index (χ3v) is 7.21. The zero-order chi connectivity index (χ0) is 25.3. The van der Waals surface area contributed by atoms with Crippen LogP contribution in [-0.4, -0.2) is 22.8 Å². The molecule has 1 N–H and O–H groups in total. The Morgan fingerprint density at radius 2 is 1.71 bits per heavy atom. The molecule has 0 aromatic heterocycles. The van der Waals surface area contributed by atoms with Crippen LogP contribution in [0.3, 0.4) is 0 Å². The Kier molecular flexibility index (Phi) is 7.38. The smallest absolute Gasteiger partial charge is 0.271 e. The van der Waals surface area contributed by atoms with Crippen molar-refractivity contribution in [3.05, 3.63) is 85.7 Å². The number of aliphatic imine (C=N–C) groups is 1. The number of phenols is 1. The van der Waals surface area contributed by atoms with E-state index in [1.165, 1.54) is 11.8 Å². The summed E-state index contributed by atoms with van der Waals surface area (Å²) in [5.74, 6) is 0.253. The van der Waals surface area contributed by atoms with Crippen LogP contribution in [0.15, 0.2) is 62.9 Å². The summed E-state index contributed by atoms with van der Waals surface area (Å²) in [5.41, 5.74) is 6.60. The number of carbonyl (C=O) groups is 1. The molecule has 1 aliphatic heterocycles. The summed E-state index contributed by atoms with van der Waals surface area (Å²) < 4.78 is 6.06. The van der Waals surface area contributed by atoms with Crippen LogP contribution >= 0.6 is 27.7 Å². The maximum Gasteiger partial charge on any atom is 0.271 e. The Labute approximate surface area is 218 Å². The van der Waals surface area contributed by atoms with E-state index in [1.807, 2.05) is 71.0 Å². The molecule has 35 heavy (non-hydrogen) atoms.